The van der Waals surface area contributed by atoms with E-state index in [0.717, 1.165) is 15.2 Å². The van der Waals surface area contributed by atoms with Crippen molar-refractivity contribution in [1.82, 2.24) is 8.87 Å². The first kappa shape index (κ1) is 22.2. The van der Waals surface area contributed by atoms with Crippen molar-refractivity contribution in [1.29, 1.82) is 5.26 Å². The summed E-state index contributed by atoms with van der Waals surface area (Å²) in [6.07, 6.45) is 1.97. The third-order valence-corrected chi connectivity index (χ3v) is 6.59. The molecule has 0 fully saturated rings. The van der Waals surface area contributed by atoms with E-state index < -0.39 is 22.6 Å². The number of fused-ring (bicyclic) bond motifs is 1. The lowest BCUT2D eigenvalue weighted by molar-refractivity contribution is 0.0475. The number of para-hydroxylation sites is 1. The summed E-state index contributed by atoms with van der Waals surface area (Å²) in [7, 11) is -0.768. The van der Waals surface area contributed by atoms with Crippen LogP contribution in [0.15, 0.2) is 59.6 Å². The average molecular weight is 439 g/mol. The number of aryl methyl sites for hydroxylation is 1. The Labute approximate surface area is 180 Å². The van der Waals surface area contributed by atoms with E-state index in [-0.39, 0.29) is 16.2 Å². The number of hydrogen-bond acceptors (Lipinski definition) is 6. The van der Waals surface area contributed by atoms with E-state index in [0.29, 0.717) is 18.5 Å². The number of ketones is 1. The summed E-state index contributed by atoms with van der Waals surface area (Å²) in [5, 5.41) is 9.56. The molecule has 0 N–H and O–H groups in total. The highest BCUT2D eigenvalue weighted by Gasteiger charge is 2.19. The Morgan fingerprint density at radius 1 is 1.10 bits per heavy atom. The Hall–Kier alpha value is -3.48. The van der Waals surface area contributed by atoms with Crippen LogP contribution in [0.25, 0.3) is 10.9 Å². The monoisotopic (exact) mass is 439 g/mol. The number of hydrogen-bond donors (Lipinski definition) is 0. The van der Waals surface area contributed by atoms with E-state index in [9.17, 15) is 18.0 Å². The maximum absolute atomic E-state index is 12.7. The predicted octanol–water partition coefficient (Wildman–Crippen LogP) is 2.84. The normalized spacial score (nSPS) is 11.4. The van der Waals surface area contributed by atoms with Gasteiger partial charge in [0.25, 0.3) is 0 Å². The molecule has 2 aromatic carbocycles. The average Bonchev–Trinajstić information content (AvgIpc) is 3.14. The maximum atomic E-state index is 12.7. The zero-order chi connectivity index (χ0) is 22.6. The Balaban J connectivity index is 1.73. The van der Waals surface area contributed by atoms with Crippen LogP contribution >= 0.6 is 0 Å². The number of ether oxygens (including phenoxy) is 1. The van der Waals surface area contributed by atoms with Crippen LogP contribution in [0.5, 0.6) is 0 Å². The van der Waals surface area contributed by atoms with Gasteiger partial charge in [-0.15, -0.1) is 0 Å². The highest BCUT2D eigenvalue weighted by atomic mass is 32.2. The van der Waals surface area contributed by atoms with Gasteiger partial charge in [-0.25, -0.2) is 17.5 Å². The highest BCUT2D eigenvalue weighted by Crippen LogP contribution is 2.22. The van der Waals surface area contributed by atoms with Gasteiger partial charge in [-0.1, -0.05) is 18.2 Å². The van der Waals surface area contributed by atoms with E-state index >= 15 is 0 Å². The molecule has 0 unspecified atom stereocenters. The van der Waals surface area contributed by atoms with Gasteiger partial charge in [0.05, 0.1) is 22.9 Å². The van der Waals surface area contributed by atoms with Gasteiger partial charge in [-0.3, -0.25) is 4.79 Å². The molecule has 0 radical (unpaired) electrons. The van der Waals surface area contributed by atoms with Crippen molar-refractivity contribution in [3.05, 3.63) is 65.9 Å². The van der Waals surface area contributed by atoms with Crippen molar-refractivity contribution in [2.75, 3.05) is 20.7 Å². The molecule has 0 saturated heterocycles. The molecule has 1 aromatic heterocycles. The zero-order valence-corrected chi connectivity index (χ0v) is 17.9. The fourth-order valence-corrected chi connectivity index (χ4v) is 3.99. The Morgan fingerprint density at radius 3 is 2.42 bits per heavy atom. The van der Waals surface area contributed by atoms with Gasteiger partial charge >= 0.3 is 5.97 Å². The SMILES string of the molecule is CN(C)S(=O)(=O)c1ccc(C(=O)OCC(=O)c2cn(CCC#N)c3ccccc23)cc1. The molecule has 0 aliphatic heterocycles. The summed E-state index contributed by atoms with van der Waals surface area (Å²) in [6.45, 7) is -0.00484. The Bertz CT molecular complexity index is 1270. The third-order valence-electron chi connectivity index (χ3n) is 4.76. The lowest BCUT2D eigenvalue weighted by atomic mass is 10.1. The number of Topliss-reactive ketones (excluding diaryl/α,β-unsaturated/α-hetero) is 1. The predicted molar refractivity (Wildman–Crippen MR) is 114 cm³/mol. The first-order chi connectivity index (χ1) is 14.8. The van der Waals surface area contributed by atoms with Crippen LogP contribution in [-0.2, 0) is 21.3 Å². The first-order valence-electron chi connectivity index (χ1n) is 9.43. The van der Waals surface area contributed by atoms with Crippen LogP contribution in [-0.4, -0.2) is 49.7 Å². The van der Waals surface area contributed by atoms with Gasteiger partial charge in [0.15, 0.2) is 6.61 Å². The number of aromatic nitrogens is 1. The number of sulfonamides is 1. The molecule has 9 heteroatoms. The van der Waals surface area contributed by atoms with Crippen LogP contribution in [0.4, 0.5) is 0 Å². The van der Waals surface area contributed by atoms with Gasteiger partial charge in [0, 0.05) is 43.3 Å². The number of carbonyl (C=O) groups excluding carboxylic acids is 2. The van der Waals surface area contributed by atoms with Crippen molar-refractivity contribution in [2.24, 2.45) is 0 Å². The van der Waals surface area contributed by atoms with E-state index in [1.807, 2.05) is 22.8 Å². The van der Waals surface area contributed by atoms with Gasteiger partial charge in [-0.05, 0) is 30.3 Å². The molecule has 0 spiro atoms. The molecule has 0 bridgehead atoms. The zero-order valence-electron chi connectivity index (χ0n) is 17.1. The minimum atomic E-state index is -3.60. The van der Waals surface area contributed by atoms with Gasteiger partial charge in [-0.2, -0.15) is 5.26 Å². The first-order valence-corrected chi connectivity index (χ1v) is 10.9. The molecule has 8 nitrogen and oxygen atoms in total. The molecule has 0 aliphatic rings. The quantitative estimate of drug-likeness (QED) is 0.394. The van der Waals surface area contributed by atoms with Gasteiger partial charge in [0.2, 0.25) is 15.8 Å². The summed E-state index contributed by atoms with van der Waals surface area (Å²) >= 11 is 0. The van der Waals surface area contributed by atoms with E-state index in [1.165, 1.54) is 38.4 Å². The van der Waals surface area contributed by atoms with Gasteiger partial charge in [0.1, 0.15) is 0 Å². The van der Waals surface area contributed by atoms with E-state index in [2.05, 4.69) is 6.07 Å². The molecular formula is C22H21N3O5S. The third kappa shape index (κ3) is 4.66. The summed E-state index contributed by atoms with van der Waals surface area (Å²) in [5.74, 6) is -1.09. The highest BCUT2D eigenvalue weighted by molar-refractivity contribution is 7.89. The molecule has 0 aliphatic carbocycles. The lowest BCUT2D eigenvalue weighted by Crippen LogP contribution is -2.22. The van der Waals surface area contributed by atoms with Crippen molar-refractivity contribution < 1.29 is 22.7 Å². The number of nitrogens with zero attached hydrogens (tertiary/aromatic N) is 3. The fourth-order valence-electron chi connectivity index (χ4n) is 3.09. The largest absolute Gasteiger partial charge is 0.454 e. The summed E-state index contributed by atoms with van der Waals surface area (Å²) in [6, 6.07) is 14.7. The van der Waals surface area contributed by atoms with Crippen LogP contribution < -0.4 is 0 Å². The maximum Gasteiger partial charge on any atom is 0.338 e. The fraction of sp³-hybridized carbons (Fsp3) is 0.227. The van der Waals surface area contributed by atoms with Crippen molar-refractivity contribution in [3.8, 4) is 6.07 Å². The number of rotatable bonds is 8. The lowest BCUT2D eigenvalue weighted by Gasteiger charge is -2.11. The van der Waals surface area contributed by atoms with Gasteiger partial charge < -0.3 is 9.30 Å². The molecule has 31 heavy (non-hydrogen) atoms. The van der Waals surface area contributed by atoms with Crippen LogP contribution in [0, 0.1) is 11.3 Å². The molecule has 0 atom stereocenters. The molecule has 1 heterocycles. The second-order valence-electron chi connectivity index (χ2n) is 6.97. The molecule has 0 amide bonds. The molecular weight excluding hydrogens is 418 g/mol. The van der Waals surface area contributed by atoms with Crippen molar-refractivity contribution in [3.63, 3.8) is 0 Å². The second-order valence-corrected chi connectivity index (χ2v) is 9.12. The summed E-state index contributed by atoms with van der Waals surface area (Å²) < 4.78 is 32.3. The van der Waals surface area contributed by atoms with E-state index in [4.69, 9.17) is 10.00 Å². The van der Waals surface area contributed by atoms with Crippen LogP contribution in [0.1, 0.15) is 27.1 Å². The Kier molecular flexibility index (Phi) is 6.53. The van der Waals surface area contributed by atoms with Crippen LogP contribution in [0.3, 0.4) is 0 Å². The smallest absolute Gasteiger partial charge is 0.338 e. The minimum absolute atomic E-state index is 0.0512. The molecule has 160 valence electrons. The standard InChI is InChI=1S/C22H21N3O5S/c1-24(2)31(28,29)17-10-8-16(9-11-17)22(27)30-15-21(26)19-14-25(13-5-12-23)20-7-4-3-6-18(19)20/h3-4,6-11,14H,5,13,15H2,1-2H3. The number of carbonyl (C=O) groups is 2. The minimum Gasteiger partial charge on any atom is -0.454 e. The number of esters is 1. The molecule has 3 aromatic rings. The summed E-state index contributed by atoms with van der Waals surface area (Å²) in [4.78, 5) is 25.1. The second kappa shape index (κ2) is 9.12. The van der Waals surface area contributed by atoms with Crippen molar-refractivity contribution in [2.45, 2.75) is 17.9 Å². The number of nitriles is 1. The Morgan fingerprint density at radius 2 is 1.77 bits per heavy atom. The summed E-state index contributed by atoms with van der Waals surface area (Å²) in [5.41, 5.74) is 1.38. The van der Waals surface area contributed by atoms with Crippen molar-refractivity contribution >= 4 is 32.7 Å². The molecule has 3 rings (SSSR count). The van der Waals surface area contributed by atoms with E-state index in [1.54, 1.807) is 12.3 Å². The molecule has 0 saturated carbocycles. The topological polar surface area (TPSA) is 109 Å². The van der Waals surface area contributed by atoms with Crippen LogP contribution in [0.2, 0.25) is 0 Å². The number of benzene rings is 2.